The molecule has 0 spiro atoms. The van der Waals surface area contributed by atoms with E-state index in [0.717, 1.165) is 0 Å². The van der Waals surface area contributed by atoms with E-state index in [4.69, 9.17) is 9.47 Å². The van der Waals surface area contributed by atoms with Crippen molar-refractivity contribution in [1.82, 2.24) is 29.5 Å². The average molecular weight is 274 g/mol. The Balaban J connectivity index is 2.00. The minimum atomic E-state index is -0.820. The zero-order valence-electron chi connectivity index (χ0n) is 11.1. The fourth-order valence-electron chi connectivity index (χ4n) is 2.13. The molecule has 20 heavy (non-hydrogen) atoms. The maximum absolute atomic E-state index is 5.56. The second kappa shape index (κ2) is 4.66. The molecule has 1 aliphatic rings. The summed E-state index contributed by atoms with van der Waals surface area (Å²) in [7, 11) is 3.21. The van der Waals surface area contributed by atoms with Gasteiger partial charge in [-0.3, -0.25) is 0 Å². The Morgan fingerprint density at radius 3 is 1.40 bits per heavy atom. The minimum absolute atomic E-state index is 0.820. The first-order valence-electron chi connectivity index (χ1n) is 5.96. The summed E-state index contributed by atoms with van der Waals surface area (Å²) in [5.41, 5.74) is -1.64. The van der Waals surface area contributed by atoms with Crippen LogP contribution in [0.4, 0.5) is 0 Å². The van der Waals surface area contributed by atoms with E-state index in [-0.39, 0.29) is 0 Å². The molecule has 0 atom stereocenters. The van der Waals surface area contributed by atoms with Crippen molar-refractivity contribution in [3.63, 3.8) is 0 Å². The highest BCUT2D eigenvalue weighted by Crippen LogP contribution is 2.32. The standard InChI is InChI=1S/C12H14N6O2/c1-19-11(17-9-13-7-15-17)3-5-12(20-2,6-4-11)18-10-14-8-16-18/h3-10H,1-2H3. The van der Waals surface area contributed by atoms with Gasteiger partial charge in [-0.1, -0.05) is 0 Å². The molecule has 0 aliphatic heterocycles. The monoisotopic (exact) mass is 274 g/mol. The minimum Gasteiger partial charge on any atom is -0.350 e. The highest BCUT2D eigenvalue weighted by molar-refractivity contribution is 5.25. The van der Waals surface area contributed by atoms with Gasteiger partial charge in [0.15, 0.2) is 0 Å². The van der Waals surface area contributed by atoms with Gasteiger partial charge in [0.2, 0.25) is 11.4 Å². The van der Waals surface area contributed by atoms with Gasteiger partial charge in [-0.05, 0) is 24.3 Å². The summed E-state index contributed by atoms with van der Waals surface area (Å²) in [6.07, 6.45) is 13.5. The van der Waals surface area contributed by atoms with E-state index in [9.17, 15) is 0 Å². The van der Waals surface area contributed by atoms with Crippen molar-refractivity contribution in [3.8, 4) is 0 Å². The highest BCUT2D eigenvalue weighted by atomic mass is 16.5. The van der Waals surface area contributed by atoms with Gasteiger partial charge in [-0.15, -0.1) is 0 Å². The van der Waals surface area contributed by atoms with Crippen LogP contribution in [0.15, 0.2) is 49.6 Å². The third-order valence-electron chi connectivity index (χ3n) is 3.33. The van der Waals surface area contributed by atoms with Gasteiger partial charge < -0.3 is 9.47 Å². The normalized spacial score (nSPS) is 28.9. The molecule has 2 aromatic heterocycles. The molecule has 0 bridgehead atoms. The molecule has 0 saturated carbocycles. The molecule has 2 aromatic rings. The quantitative estimate of drug-likeness (QED) is 0.746. The molecule has 8 nitrogen and oxygen atoms in total. The molecule has 1 aliphatic carbocycles. The molecule has 0 unspecified atom stereocenters. The lowest BCUT2D eigenvalue weighted by Crippen LogP contribution is -2.40. The SMILES string of the molecule is COC1(n2cncn2)C=CC(OC)(n2cncn2)C=C1. The summed E-state index contributed by atoms with van der Waals surface area (Å²) >= 11 is 0. The molecule has 3 rings (SSSR count). The van der Waals surface area contributed by atoms with Crippen LogP contribution in [0.3, 0.4) is 0 Å². The maximum atomic E-state index is 5.56. The van der Waals surface area contributed by atoms with Gasteiger partial charge in [-0.2, -0.15) is 10.2 Å². The number of hydrogen-bond donors (Lipinski definition) is 0. The average Bonchev–Trinajstić information content (AvgIpc) is 3.20. The Labute approximate surface area is 115 Å². The molecule has 0 N–H and O–H groups in total. The topological polar surface area (TPSA) is 79.9 Å². The predicted octanol–water partition coefficient (Wildman–Crippen LogP) is 0.294. The summed E-state index contributed by atoms with van der Waals surface area (Å²) in [4.78, 5) is 7.88. The lowest BCUT2D eigenvalue weighted by molar-refractivity contribution is -0.0320. The van der Waals surface area contributed by atoms with E-state index in [1.165, 1.54) is 12.7 Å². The zero-order chi connectivity index (χ0) is 14.1. The van der Waals surface area contributed by atoms with Crippen LogP contribution in [0, 0.1) is 0 Å². The van der Waals surface area contributed by atoms with Crippen LogP contribution in [0.1, 0.15) is 0 Å². The molecular formula is C12H14N6O2. The van der Waals surface area contributed by atoms with Crippen LogP contribution in [-0.4, -0.2) is 43.7 Å². The van der Waals surface area contributed by atoms with E-state index < -0.39 is 11.4 Å². The molecule has 0 saturated heterocycles. The van der Waals surface area contributed by atoms with E-state index in [0.29, 0.717) is 0 Å². The van der Waals surface area contributed by atoms with Gasteiger partial charge in [0.1, 0.15) is 25.3 Å². The van der Waals surface area contributed by atoms with Crippen LogP contribution in [0.25, 0.3) is 0 Å². The van der Waals surface area contributed by atoms with E-state index >= 15 is 0 Å². The summed E-state index contributed by atoms with van der Waals surface area (Å²) in [5, 5.41) is 8.24. The predicted molar refractivity (Wildman–Crippen MR) is 68.3 cm³/mol. The third-order valence-corrected chi connectivity index (χ3v) is 3.33. The van der Waals surface area contributed by atoms with Crippen LogP contribution in [0.2, 0.25) is 0 Å². The Hall–Kier alpha value is -2.32. The number of ether oxygens (including phenoxy) is 2. The van der Waals surface area contributed by atoms with Crippen molar-refractivity contribution in [2.45, 2.75) is 11.4 Å². The second-order valence-electron chi connectivity index (χ2n) is 4.26. The summed E-state index contributed by atoms with van der Waals surface area (Å²) in [6, 6.07) is 0. The van der Waals surface area contributed by atoms with Crippen molar-refractivity contribution < 1.29 is 9.47 Å². The van der Waals surface area contributed by atoms with Crippen LogP contribution >= 0.6 is 0 Å². The van der Waals surface area contributed by atoms with Gasteiger partial charge in [0, 0.05) is 14.2 Å². The zero-order valence-corrected chi connectivity index (χ0v) is 11.1. The van der Waals surface area contributed by atoms with Crippen molar-refractivity contribution in [1.29, 1.82) is 0 Å². The highest BCUT2D eigenvalue weighted by Gasteiger charge is 2.37. The molecule has 2 heterocycles. The number of nitrogens with zero attached hydrogens (tertiary/aromatic N) is 6. The van der Waals surface area contributed by atoms with Gasteiger partial charge >= 0.3 is 0 Å². The maximum Gasteiger partial charge on any atom is 0.200 e. The first kappa shape index (κ1) is 12.7. The number of hydrogen-bond acceptors (Lipinski definition) is 6. The van der Waals surface area contributed by atoms with Crippen LogP contribution in [-0.2, 0) is 20.9 Å². The number of methoxy groups -OCH3 is 2. The van der Waals surface area contributed by atoms with Gasteiger partial charge in [0.05, 0.1) is 0 Å². The van der Waals surface area contributed by atoms with Crippen molar-refractivity contribution >= 4 is 0 Å². The fourth-order valence-corrected chi connectivity index (χ4v) is 2.13. The summed E-state index contributed by atoms with van der Waals surface area (Å²) in [5.74, 6) is 0. The van der Waals surface area contributed by atoms with Crippen LogP contribution < -0.4 is 0 Å². The van der Waals surface area contributed by atoms with E-state index in [2.05, 4.69) is 20.2 Å². The lowest BCUT2D eigenvalue weighted by Gasteiger charge is -2.34. The molecule has 0 aromatic carbocycles. The van der Waals surface area contributed by atoms with Gasteiger partial charge in [0.25, 0.3) is 0 Å². The first-order chi connectivity index (χ1) is 9.75. The number of aromatic nitrogens is 6. The molecule has 8 heteroatoms. The molecule has 104 valence electrons. The Bertz CT molecular complexity index is 548. The summed E-state index contributed by atoms with van der Waals surface area (Å²) in [6.45, 7) is 0. The Kier molecular flexibility index (Phi) is 2.96. The molecule has 0 radical (unpaired) electrons. The lowest BCUT2D eigenvalue weighted by atomic mass is 10.0. The number of rotatable bonds is 4. The van der Waals surface area contributed by atoms with Gasteiger partial charge in [-0.25, -0.2) is 19.3 Å². The van der Waals surface area contributed by atoms with E-state index in [1.807, 2.05) is 24.3 Å². The van der Waals surface area contributed by atoms with Crippen molar-refractivity contribution in [3.05, 3.63) is 49.6 Å². The largest absolute Gasteiger partial charge is 0.350 e. The molecular weight excluding hydrogens is 260 g/mol. The molecule has 0 amide bonds. The third kappa shape index (κ3) is 1.77. The van der Waals surface area contributed by atoms with Crippen molar-refractivity contribution in [2.24, 2.45) is 0 Å². The first-order valence-corrected chi connectivity index (χ1v) is 5.96. The van der Waals surface area contributed by atoms with E-state index in [1.54, 1.807) is 36.2 Å². The Morgan fingerprint density at radius 2 is 1.15 bits per heavy atom. The van der Waals surface area contributed by atoms with Crippen molar-refractivity contribution in [2.75, 3.05) is 14.2 Å². The summed E-state index contributed by atoms with van der Waals surface area (Å²) < 4.78 is 14.4. The van der Waals surface area contributed by atoms with Crippen LogP contribution in [0.5, 0.6) is 0 Å². The smallest absolute Gasteiger partial charge is 0.200 e. The fraction of sp³-hybridized carbons (Fsp3) is 0.333. The second-order valence-corrected chi connectivity index (χ2v) is 4.26. The Morgan fingerprint density at radius 1 is 0.750 bits per heavy atom. The molecule has 0 fully saturated rings.